The van der Waals surface area contributed by atoms with Gasteiger partial charge in [0.25, 0.3) is 0 Å². The van der Waals surface area contributed by atoms with Crippen LogP contribution in [0, 0.1) is 17.5 Å². The molecule has 0 saturated carbocycles. The van der Waals surface area contributed by atoms with Gasteiger partial charge in [-0.15, -0.1) is 0 Å². The van der Waals surface area contributed by atoms with Gasteiger partial charge in [-0.2, -0.15) is 22.0 Å². The van der Waals surface area contributed by atoms with E-state index in [1.807, 2.05) is 0 Å². The molecule has 0 aliphatic rings. The lowest BCUT2D eigenvalue weighted by Crippen LogP contribution is -2.37. The molecule has 0 spiro atoms. The van der Waals surface area contributed by atoms with Crippen LogP contribution in [0.5, 0.6) is 0 Å². The Labute approximate surface area is 114 Å². The second-order valence-electron chi connectivity index (χ2n) is 3.75. The summed E-state index contributed by atoms with van der Waals surface area (Å²) in [7, 11) is 0. The van der Waals surface area contributed by atoms with Gasteiger partial charge in [0.05, 0.1) is 11.1 Å². The number of benzene rings is 1. The minimum Gasteiger partial charge on any atom is -0.478 e. The van der Waals surface area contributed by atoms with Crippen LogP contribution in [-0.4, -0.2) is 28.3 Å². The van der Waals surface area contributed by atoms with Crippen LogP contribution in [0.15, 0.2) is 0 Å². The van der Waals surface area contributed by atoms with Gasteiger partial charge in [0.1, 0.15) is 5.56 Å². The number of hydrogen-bond acceptors (Lipinski definition) is 2. The van der Waals surface area contributed by atoms with Gasteiger partial charge >= 0.3 is 24.0 Å². The molecular weight excluding hydrogens is 336 g/mol. The molecule has 0 atom stereocenters. The number of aromatic carboxylic acids is 2. The standard InChI is InChI=1S/C10H2F8O4/c11-4-2(8(21)22)1(7(19)20)3(5(12)6(4)13)9(14,15)10(16,17)18/h(H,19,20)(H,21,22). The largest absolute Gasteiger partial charge is 0.478 e. The van der Waals surface area contributed by atoms with Crippen molar-refractivity contribution in [1.82, 2.24) is 0 Å². The lowest BCUT2D eigenvalue weighted by molar-refractivity contribution is -0.290. The Hall–Kier alpha value is -2.40. The molecule has 0 heterocycles. The first-order chi connectivity index (χ1) is 9.75. The Bertz CT molecular complexity index is 664. The molecule has 1 rings (SSSR count). The highest BCUT2D eigenvalue weighted by atomic mass is 19.4. The summed E-state index contributed by atoms with van der Waals surface area (Å²) < 4.78 is 103. The van der Waals surface area contributed by atoms with Gasteiger partial charge < -0.3 is 10.2 Å². The Balaban J connectivity index is 4.10. The minimum absolute atomic E-state index is 2.36. The normalized spacial score (nSPS) is 12.4. The third-order valence-corrected chi connectivity index (χ3v) is 2.42. The van der Waals surface area contributed by atoms with E-state index in [2.05, 4.69) is 0 Å². The zero-order chi connectivity index (χ0) is 17.6. The van der Waals surface area contributed by atoms with Gasteiger partial charge in [0.2, 0.25) is 0 Å². The monoisotopic (exact) mass is 338 g/mol. The average molecular weight is 338 g/mol. The van der Waals surface area contributed by atoms with Crippen LogP contribution in [0.1, 0.15) is 26.3 Å². The van der Waals surface area contributed by atoms with Crippen molar-refractivity contribution in [3.8, 4) is 0 Å². The quantitative estimate of drug-likeness (QED) is 0.656. The Morgan fingerprint density at radius 3 is 1.45 bits per heavy atom. The van der Waals surface area contributed by atoms with Crippen molar-refractivity contribution >= 4 is 11.9 Å². The van der Waals surface area contributed by atoms with Crippen LogP contribution in [0.25, 0.3) is 0 Å². The van der Waals surface area contributed by atoms with Crippen molar-refractivity contribution in [1.29, 1.82) is 0 Å². The van der Waals surface area contributed by atoms with Crippen LogP contribution in [0.4, 0.5) is 35.1 Å². The first-order valence-electron chi connectivity index (χ1n) is 4.87. The summed E-state index contributed by atoms with van der Waals surface area (Å²) >= 11 is 0. The molecule has 1 aromatic carbocycles. The molecule has 4 nitrogen and oxygen atoms in total. The van der Waals surface area contributed by atoms with E-state index < -0.39 is 58.2 Å². The van der Waals surface area contributed by atoms with E-state index >= 15 is 0 Å². The second-order valence-corrected chi connectivity index (χ2v) is 3.75. The summed E-state index contributed by atoms with van der Waals surface area (Å²) in [4.78, 5) is 21.3. The number of alkyl halides is 5. The third kappa shape index (κ3) is 2.44. The van der Waals surface area contributed by atoms with Gasteiger partial charge in [-0.3, -0.25) is 0 Å². The lowest BCUT2D eigenvalue weighted by Gasteiger charge is -2.23. The van der Waals surface area contributed by atoms with Crippen molar-refractivity contribution in [3.05, 3.63) is 34.1 Å². The predicted octanol–water partition coefficient (Wildman–Crippen LogP) is 3.15. The second kappa shape index (κ2) is 5.10. The van der Waals surface area contributed by atoms with Gasteiger partial charge in [0, 0.05) is 0 Å². The molecule has 0 aromatic heterocycles. The molecule has 22 heavy (non-hydrogen) atoms. The number of halogens is 8. The van der Waals surface area contributed by atoms with Crippen LogP contribution >= 0.6 is 0 Å². The maximum absolute atomic E-state index is 13.3. The molecule has 122 valence electrons. The average Bonchev–Trinajstić information content (AvgIpc) is 2.32. The number of carboxylic acid groups (broad SMARTS) is 2. The van der Waals surface area contributed by atoms with Crippen LogP contribution < -0.4 is 0 Å². The molecule has 0 fully saturated rings. The van der Waals surface area contributed by atoms with Gasteiger partial charge in [-0.05, 0) is 0 Å². The molecule has 0 saturated heterocycles. The third-order valence-electron chi connectivity index (χ3n) is 2.42. The van der Waals surface area contributed by atoms with Crippen LogP contribution in [-0.2, 0) is 5.92 Å². The van der Waals surface area contributed by atoms with Crippen molar-refractivity contribution < 1.29 is 54.9 Å². The highest BCUT2D eigenvalue weighted by molar-refractivity contribution is 6.03. The highest BCUT2D eigenvalue weighted by Crippen LogP contribution is 2.47. The maximum atomic E-state index is 13.3. The van der Waals surface area contributed by atoms with Crippen molar-refractivity contribution in [2.45, 2.75) is 12.1 Å². The van der Waals surface area contributed by atoms with E-state index in [0.29, 0.717) is 0 Å². The molecule has 0 bridgehead atoms. The zero-order valence-electron chi connectivity index (χ0n) is 9.73. The van der Waals surface area contributed by atoms with Gasteiger partial charge in [0.15, 0.2) is 17.5 Å². The summed E-state index contributed by atoms with van der Waals surface area (Å²) in [5.41, 5.74) is -8.01. The van der Waals surface area contributed by atoms with E-state index in [1.54, 1.807) is 0 Å². The molecule has 12 heteroatoms. The van der Waals surface area contributed by atoms with E-state index in [0.717, 1.165) is 0 Å². The zero-order valence-corrected chi connectivity index (χ0v) is 9.73. The summed E-state index contributed by atoms with van der Waals surface area (Å²) in [5.74, 6) is -20.6. The molecule has 2 N–H and O–H groups in total. The lowest BCUT2D eigenvalue weighted by atomic mass is 9.94. The fraction of sp³-hybridized carbons (Fsp3) is 0.200. The fourth-order valence-electron chi connectivity index (χ4n) is 1.51. The molecular formula is C10H2F8O4. The van der Waals surface area contributed by atoms with E-state index in [9.17, 15) is 44.7 Å². The predicted molar refractivity (Wildman–Crippen MR) is 50.2 cm³/mol. The van der Waals surface area contributed by atoms with E-state index in [1.165, 1.54) is 0 Å². The van der Waals surface area contributed by atoms with Gasteiger partial charge in [-0.25, -0.2) is 22.8 Å². The highest BCUT2D eigenvalue weighted by Gasteiger charge is 2.62. The molecule has 0 amide bonds. The van der Waals surface area contributed by atoms with Gasteiger partial charge in [-0.1, -0.05) is 0 Å². The number of rotatable bonds is 3. The summed E-state index contributed by atoms with van der Waals surface area (Å²) in [6, 6.07) is 0. The van der Waals surface area contributed by atoms with Crippen molar-refractivity contribution in [2.75, 3.05) is 0 Å². The minimum atomic E-state index is -6.59. The van der Waals surface area contributed by atoms with Crippen molar-refractivity contribution in [3.63, 3.8) is 0 Å². The first kappa shape index (κ1) is 17.7. The topological polar surface area (TPSA) is 74.6 Å². The summed E-state index contributed by atoms with van der Waals surface area (Å²) in [5, 5.41) is 17.0. The Morgan fingerprint density at radius 1 is 0.727 bits per heavy atom. The van der Waals surface area contributed by atoms with E-state index in [4.69, 9.17) is 10.2 Å². The Morgan fingerprint density at radius 2 is 1.14 bits per heavy atom. The SMILES string of the molecule is O=C(O)c1c(F)c(F)c(F)c(C(F)(F)C(F)(F)F)c1C(=O)O. The first-order valence-corrected chi connectivity index (χ1v) is 4.87. The van der Waals surface area contributed by atoms with E-state index in [-0.39, 0.29) is 0 Å². The molecule has 0 unspecified atom stereocenters. The van der Waals surface area contributed by atoms with Crippen LogP contribution in [0.3, 0.4) is 0 Å². The fourth-order valence-corrected chi connectivity index (χ4v) is 1.51. The summed E-state index contributed by atoms with van der Waals surface area (Å²) in [6.07, 6.45) is -6.59. The maximum Gasteiger partial charge on any atom is 0.458 e. The molecule has 0 aliphatic carbocycles. The molecule has 0 radical (unpaired) electrons. The smallest absolute Gasteiger partial charge is 0.458 e. The number of hydrogen-bond donors (Lipinski definition) is 2. The molecule has 0 aliphatic heterocycles. The van der Waals surface area contributed by atoms with Crippen LogP contribution in [0.2, 0.25) is 0 Å². The Kier molecular flexibility index (Phi) is 4.09. The summed E-state index contributed by atoms with van der Waals surface area (Å²) in [6.45, 7) is 0. The molecule has 1 aromatic rings. The number of carbonyl (C=O) groups is 2. The number of carboxylic acids is 2. The van der Waals surface area contributed by atoms with Crippen molar-refractivity contribution in [2.24, 2.45) is 0 Å².